The molecular formula is C9H13N3O2S. The molecule has 82 valence electrons. The molecule has 0 aliphatic rings. The van der Waals surface area contributed by atoms with Crippen molar-refractivity contribution in [1.29, 1.82) is 0 Å². The van der Waals surface area contributed by atoms with Gasteiger partial charge in [0.05, 0.1) is 5.75 Å². The minimum absolute atomic E-state index is 0.0199. The summed E-state index contributed by atoms with van der Waals surface area (Å²) in [6, 6.07) is 1.58. The van der Waals surface area contributed by atoms with E-state index in [2.05, 4.69) is 9.97 Å². The standard InChI is InChI=1S/C9H13N3O2S/c1-5(2)9-11-6(10)3-7(12-9)15-4-8(13)14/h3,5H,4H2,1-2H3,(H,13,14)(H2,10,11,12). The van der Waals surface area contributed by atoms with Gasteiger partial charge in [0.1, 0.15) is 16.7 Å². The first-order chi connectivity index (χ1) is 6.99. The van der Waals surface area contributed by atoms with Crippen molar-refractivity contribution < 1.29 is 9.90 Å². The van der Waals surface area contributed by atoms with E-state index in [1.165, 1.54) is 0 Å². The Morgan fingerprint density at radius 1 is 1.60 bits per heavy atom. The number of nitrogens with two attached hydrogens (primary N) is 1. The molecule has 0 aromatic carbocycles. The van der Waals surface area contributed by atoms with E-state index in [9.17, 15) is 4.79 Å². The van der Waals surface area contributed by atoms with Gasteiger partial charge in [-0.2, -0.15) is 0 Å². The quantitative estimate of drug-likeness (QED) is 0.596. The second-order valence-corrected chi connectivity index (χ2v) is 4.32. The molecule has 0 fully saturated rings. The molecule has 0 atom stereocenters. The molecule has 1 aromatic heterocycles. The number of hydrogen-bond donors (Lipinski definition) is 2. The Bertz CT molecular complexity index is 368. The summed E-state index contributed by atoms with van der Waals surface area (Å²) in [5.74, 6) is 0.305. The normalized spacial score (nSPS) is 10.6. The molecule has 6 heteroatoms. The summed E-state index contributed by atoms with van der Waals surface area (Å²) < 4.78 is 0. The Morgan fingerprint density at radius 3 is 2.80 bits per heavy atom. The Labute approximate surface area is 92.1 Å². The van der Waals surface area contributed by atoms with Gasteiger partial charge in [-0.25, -0.2) is 9.97 Å². The van der Waals surface area contributed by atoms with Crippen molar-refractivity contribution in [3.05, 3.63) is 11.9 Å². The minimum Gasteiger partial charge on any atom is -0.481 e. The number of carboxylic acid groups (broad SMARTS) is 1. The van der Waals surface area contributed by atoms with E-state index in [0.717, 1.165) is 11.8 Å². The lowest BCUT2D eigenvalue weighted by Crippen LogP contribution is -2.04. The monoisotopic (exact) mass is 227 g/mol. The molecular weight excluding hydrogens is 214 g/mol. The summed E-state index contributed by atoms with van der Waals surface area (Å²) >= 11 is 1.14. The number of nitrogens with zero attached hydrogens (tertiary/aromatic N) is 2. The third-order valence-electron chi connectivity index (χ3n) is 1.60. The second kappa shape index (κ2) is 4.97. The molecule has 3 N–H and O–H groups in total. The van der Waals surface area contributed by atoms with Crippen molar-refractivity contribution >= 4 is 23.5 Å². The summed E-state index contributed by atoms with van der Waals surface area (Å²) in [5.41, 5.74) is 5.59. The third-order valence-corrected chi connectivity index (χ3v) is 2.50. The van der Waals surface area contributed by atoms with Gasteiger partial charge >= 0.3 is 5.97 Å². The Morgan fingerprint density at radius 2 is 2.27 bits per heavy atom. The van der Waals surface area contributed by atoms with Crippen LogP contribution in [0.4, 0.5) is 5.82 Å². The highest BCUT2D eigenvalue weighted by Gasteiger charge is 2.08. The fraction of sp³-hybridized carbons (Fsp3) is 0.444. The molecule has 0 aliphatic heterocycles. The van der Waals surface area contributed by atoms with Crippen LogP contribution in [0.1, 0.15) is 25.6 Å². The van der Waals surface area contributed by atoms with Crippen molar-refractivity contribution in [2.45, 2.75) is 24.8 Å². The molecule has 0 aliphatic carbocycles. The van der Waals surface area contributed by atoms with E-state index >= 15 is 0 Å². The highest BCUT2D eigenvalue weighted by atomic mass is 32.2. The molecule has 0 amide bonds. The fourth-order valence-corrected chi connectivity index (χ4v) is 1.56. The summed E-state index contributed by atoms with van der Waals surface area (Å²) in [4.78, 5) is 18.7. The first-order valence-electron chi connectivity index (χ1n) is 4.48. The smallest absolute Gasteiger partial charge is 0.313 e. The maximum atomic E-state index is 10.4. The minimum atomic E-state index is -0.872. The molecule has 0 saturated carbocycles. The van der Waals surface area contributed by atoms with E-state index < -0.39 is 5.97 Å². The first-order valence-corrected chi connectivity index (χ1v) is 5.46. The highest BCUT2D eigenvalue weighted by Crippen LogP contribution is 2.20. The number of aromatic nitrogens is 2. The lowest BCUT2D eigenvalue weighted by atomic mass is 10.2. The van der Waals surface area contributed by atoms with Gasteiger partial charge in [0.15, 0.2) is 0 Å². The van der Waals surface area contributed by atoms with Gasteiger partial charge in [0, 0.05) is 12.0 Å². The molecule has 1 aromatic rings. The Kier molecular flexibility index (Phi) is 3.90. The number of rotatable bonds is 4. The van der Waals surface area contributed by atoms with Crippen LogP contribution in [-0.4, -0.2) is 26.8 Å². The van der Waals surface area contributed by atoms with E-state index in [1.54, 1.807) is 6.07 Å². The number of carbonyl (C=O) groups is 1. The van der Waals surface area contributed by atoms with Gasteiger partial charge in [-0.3, -0.25) is 4.79 Å². The largest absolute Gasteiger partial charge is 0.481 e. The number of anilines is 1. The number of nitrogen functional groups attached to an aromatic ring is 1. The van der Waals surface area contributed by atoms with Crippen LogP contribution in [0.15, 0.2) is 11.1 Å². The van der Waals surface area contributed by atoms with Crippen LogP contribution in [0.25, 0.3) is 0 Å². The summed E-state index contributed by atoms with van der Waals surface area (Å²) in [6.07, 6.45) is 0. The Hall–Kier alpha value is -1.30. The number of hydrogen-bond acceptors (Lipinski definition) is 5. The van der Waals surface area contributed by atoms with Crippen LogP contribution in [0.3, 0.4) is 0 Å². The molecule has 1 rings (SSSR count). The fourth-order valence-electron chi connectivity index (χ4n) is 0.929. The molecule has 1 heterocycles. The van der Waals surface area contributed by atoms with Crippen LogP contribution in [0, 0.1) is 0 Å². The molecule has 5 nitrogen and oxygen atoms in total. The average molecular weight is 227 g/mol. The zero-order valence-electron chi connectivity index (χ0n) is 8.60. The summed E-state index contributed by atoms with van der Waals surface area (Å²) in [5, 5.41) is 9.13. The van der Waals surface area contributed by atoms with Gasteiger partial charge in [-0.1, -0.05) is 25.6 Å². The predicted octanol–water partition coefficient (Wildman–Crippen LogP) is 1.36. The summed E-state index contributed by atoms with van der Waals surface area (Å²) in [7, 11) is 0. The summed E-state index contributed by atoms with van der Waals surface area (Å²) in [6.45, 7) is 3.92. The molecule has 0 spiro atoms. The predicted molar refractivity (Wildman–Crippen MR) is 58.9 cm³/mol. The maximum absolute atomic E-state index is 10.4. The highest BCUT2D eigenvalue weighted by molar-refractivity contribution is 7.99. The maximum Gasteiger partial charge on any atom is 0.313 e. The van der Waals surface area contributed by atoms with Crippen molar-refractivity contribution in [1.82, 2.24) is 9.97 Å². The van der Waals surface area contributed by atoms with Crippen molar-refractivity contribution in [3.8, 4) is 0 Å². The van der Waals surface area contributed by atoms with Crippen LogP contribution in [0.5, 0.6) is 0 Å². The number of carboxylic acids is 1. The topological polar surface area (TPSA) is 89.1 Å². The van der Waals surface area contributed by atoms with E-state index in [-0.39, 0.29) is 11.7 Å². The van der Waals surface area contributed by atoms with Crippen molar-refractivity contribution in [2.24, 2.45) is 0 Å². The lowest BCUT2D eigenvalue weighted by Gasteiger charge is -2.06. The van der Waals surface area contributed by atoms with E-state index in [4.69, 9.17) is 10.8 Å². The van der Waals surface area contributed by atoms with Gasteiger partial charge < -0.3 is 10.8 Å². The van der Waals surface area contributed by atoms with Gasteiger partial charge in [-0.05, 0) is 0 Å². The number of thioether (sulfide) groups is 1. The third kappa shape index (κ3) is 3.75. The van der Waals surface area contributed by atoms with Crippen LogP contribution in [0.2, 0.25) is 0 Å². The van der Waals surface area contributed by atoms with Crippen LogP contribution >= 0.6 is 11.8 Å². The van der Waals surface area contributed by atoms with E-state index in [0.29, 0.717) is 16.7 Å². The van der Waals surface area contributed by atoms with E-state index in [1.807, 2.05) is 13.8 Å². The molecule has 0 unspecified atom stereocenters. The molecule has 15 heavy (non-hydrogen) atoms. The van der Waals surface area contributed by atoms with Crippen LogP contribution in [-0.2, 0) is 4.79 Å². The molecule has 0 bridgehead atoms. The van der Waals surface area contributed by atoms with Crippen LogP contribution < -0.4 is 5.73 Å². The van der Waals surface area contributed by atoms with Crippen molar-refractivity contribution in [2.75, 3.05) is 11.5 Å². The zero-order valence-corrected chi connectivity index (χ0v) is 9.41. The molecule has 0 saturated heterocycles. The SMILES string of the molecule is CC(C)c1nc(N)cc(SCC(=O)O)n1. The zero-order chi connectivity index (χ0) is 11.4. The number of aliphatic carboxylic acids is 1. The average Bonchev–Trinajstić information content (AvgIpc) is 2.13. The van der Waals surface area contributed by atoms with Gasteiger partial charge in [0.25, 0.3) is 0 Å². The van der Waals surface area contributed by atoms with Gasteiger partial charge in [-0.15, -0.1) is 0 Å². The first kappa shape index (κ1) is 11.8. The lowest BCUT2D eigenvalue weighted by molar-refractivity contribution is -0.133. The van der Waals surface area contributed by atoms with Crippen molar-refractivity contribution in [3.63, 3.8) is 0 Å². The Balaban J connectivity index is 2.84. The second-order valence-electron chi connectivity index (χ2n) is 3.33. The van der Waals surface area contributed by atoms with Gasteiger partial charge in [0.2, 0.25) is 0 Å². The molecule has 0 radical (unpaired) electrons.